The van der Waals surface area contributed by atoms with Gasteiger partial charge in [-0.25, -0.2) is 4.39 Å². The summed E-state index contributed by atoms with van der Waals surface area (Å²) in [7, 11) is 2.98. The lowest BCUT2D eigenvalue weighted by atomic mass is 9.85. The third-order valence-electron chi connectivity index (χ3n) is 4.43. The maximum absolute atomic E-state index is 14.1. The molecule has 3 nitrogen and oxygen atoms in total. The van der Waals surface area contributed by atoms with Gasteiger partial charge in [-0.15, -0.1) is 0 Å². The zero-order valence-corrected chi connectivity index (χ0v) is 12.9. The summed E-state index contributed by atoms with van der Waals surface area (Å²) in [4.78, 5) is 0. The number of aliphatic hydroxyl groups is 1. The van der Waals surface area contributed by atoms with E-state index in [1.807, 2.05) is 0 Å². The summed E-state index contributed by atoms with van der Waals surface area (Å²) in [6.45, 7) is 0. The summed E-state index contributed by atoms with van der Waals surface area (Å²) in [5.74, 6) is 1.03. The molecule has 0 radical (unpaired) electrons. The third-order valence-corrected chi connectivity index (χ3v) is 4.43. The Morgan fingerprint density at radius 3 is 2.38 bits per heavy atom. The Morgan fingerprint density at radius 2 is 1.76 bits per heavy atom. The highest BCUT2D eigenvalue weighted by Gasteiger charge is 2.20. The number of aliphatic hydroxyl groups excluding tert-OH is 1. The minimum atomic E-state index is -0.785. The van der Waals surface area contributed by atoms with Crippen LogP contribution in [0, 0.1) is 11.7 Å². The molecule has 0 spiro atoms. The molecule has 118 valence electrons. The molecule has 0 aliphatic heterocycles. The first kappa shape index (κ1) is 16.1. The predicted molar refractivity (Wildman–Crippen MR) is 80.3 cm³/mol. The maximum Gasteiger partial charge on any atom is 0.163 e. The predicted octanol–water partition coefficient (Wildman–Crippen LogP) is 4.24. The lowest BCUT2D eigenvalue weighted by Gasteiger charge is -2.23. The molecule has 0 heterocycles. The number of hydrogen-bond donors (Lipinski definition) is 1. The van der Waals surface area contributed by atoms with Crippen LogP contribution < -0.4 is 9.47 Å². The van der Waals surface area contributed by atoms with Crippen LogP contribution >= 0.6 is 0 Å². The number of halogens is 1. The summed E-state index contributed by atoms with van der Waals surface area (Å²) >= 11 is 0. The Kier molecular flexibility index (Phi) is 5.85. The van der Waals surface area contributed by atoms with E-state index in [0.29, 0.717) is 29.4 Å². The van der Waals surface area contributed by atoms with E-state index in [4.69, 9.17) is 9.47 Å². The topological polar surface area (TPSA) is 38.7 Å². The van der Waals surface area contributed by atoms with E-state index in [1.165, 1.54) is 52.4 Å². The van der Waals surface area contributed by atoms with E-state index in [-0.39, 0.29) is 0 Å². The monoisotopic (exact) mass is 296 g/mol. The molecule has 21 heavy (non-hydrogen) atoms. The van der Waals surface area contributed by atoms with Gasteiger partial charge in [0.05, 0.1) is 20.3 Å². The van der Waals surface area contributed by atoms with Crippen molar-refractivity contribution in [1.82, 2.24) is 0 Å². The van der Waals surface area contributed by atoms with Gasteiger partial charge in [0, 0.05) is 11.6 Å². The van der Waals surface area contributed by atoms with Gasteiger partial charge in [0.1, 0.15) is 5.82 Å². The quantitative estimate of drug-likeness (QED) is 0.853. The molecule has 1 saturated carbocycles. The van der Waals surface area contributed by atoms with E-state index in [1.54, 1.807) is 6.07 Å². The van der Waals surface area contributed by atoms with Crippen molar-refractivity contribution in [3.8, 4) is 11.5 Å². The Hall–Kier alpha value is -1.29. The summed E-state index contributed by atoms with van der Waals surface area (Å²) in [6.07, 6.45) is 7.13. The van der Waals surface area contributed by atoms with Crippen molar-refractivity contribution in [2.45, 2.75) is 51.0 Å². The van der Waals surface area contributed by atoms with Crippen molar-refractivity contribution in [2.24, 2.45) is 5.92 Å². The van der Waals surface area contributed by atoms with E-state index in [9.17, 15) is 9.50 Å². The van der Waals surface area contributed by atoms with Gasteiger partial charge in [-0.1, -0.05) is 32.1 Å². The second-order valence-electron chi connectivity index (χ2n) is 5.83. The Morgan fingerprint density at radius 1 is 1.14 bits per heavy atom. The molecule has 1 atom stereocenters. The summed E-state index contributed by atoms with van der Waals surface area (Å²) in [5.41, 5.74) is 0.295. The van der Waals surface area contributed by atoms with E-state index in [2.05, 4.69) is 0 Å². The van der Waals surface area contributed by atoms with Crippen LogP contribution in [0.2, 0.25) is 0 Å². The van der Waals surface area contributed by atoms with Crippen molar-refractivity contribution in [3.63, 3.8) is 0 Å². The second kappa shape index (κ2) is 7.64. The van der Waals surface area contributed by atoms with Gasteiger partial charge in [-0.2, -0.15) is 0 Å². The zero-order chi connectivity index (χ0) is 15.2. The van der Waals surface area contributed by atoms with Crippen molar-refractivity contribution >= 4 is 0 Å². The molecular formula is C17H25FO3. The molecule has 1 unspecified atom stereocenters. The normalized spacial score (nSPS) is 17.5. The molecule has 0 aromatic heterocycles. The molecule has 1 aromatic rings. The largest absolute Gasteiger partial charge is 0.493 e. The Labute approximate surface area is 126 Å². The average molecular weight is 296 g/mol. The Bertz CT molecular complexity index is 456. The van der Waals surface area contributed by atoms with Crippen LogP contribution in [0.25, 0.3) is 0 Å². The molecule has 0 amide bonds. The first-order valence-electron chi connectivity index (χ1n) is 7.75. The van der Waals surface area contributed by atoms with Crippen LogP contribution in [0.3, 0.4) is 0 Å². The molecule has 1 fully saturated rings. The SMILES string of the molecule is COc1cc(F)c(C(O)CCC2CCCCC2)cc1OC. The maximum atomic E-state index is 14.1. The van der Waals surface area contributed by atoms with Gasteiger partial charge in [0.25, 0.3) is 0 Å². The molecule has 1 aliphatic rings. The summed E-state index contributed by atoms with van der Waals surface area (Å²) < 4.78 is 24.3. The van der Waals surface area contributed by atoms with Gasteiger partial charge >= 0.3 is 0 Å². The number of methoxy groups -OCH3 is 2. The van der Waals surface area contributed by atoms with Gasteiger partial charge < -0.3 is 14.6 Å². The lowest BCUT2D eigenvalue weighted by molar-refractivity contribution is 0.146. The highest BCUT2D eigenvalue weighted by molar-refractivity contribution is 5.44. The molecule has 1 aromatic carbocycles. The highest BCUT2D eigenvalue weighted by atomic mass is 19.1. The van der Waals surface area contributed by atoms with Gasteiger partial charge in [-0.3, -0.25) is 0 Å². The van der Waals surface area contributed by atoms with E-state index in [0.717, 1.165) is 6.42 Å². The average Bonchev–Trinajstić information content (AvgIpc) is 2.53. The van der Waals surface area contributed by atoms with Gasteiger partial charge in [0.2, 0.25) is 0 Å². The van der Waals surface area contributed by atoms with E-state index < -0.39 is 11.9 Å². The Balaban J connectivity index is 2.02. The molecule has 2 rings (SSSR count). The molecule has 4 heteroatoms. The van der Waals surface area contributed by atoms with Crippen LogP contribution in [0.5, 0.6) is 11.5 Å². The van der Waals surface area contributed by atoms with Gasteiger partial charge in [-0.05, 0) is 24.8 Å². The second-order valence-corrected chi connectivity index (χ2v) is 5.83. The van der Waals surface area contributed by atoms with Crippen molar-refractivity contribution in [3.05, 3.63) is 23.5 Å². The van der Waals surface area contributed by atoms with Crippen molar-refractivity contribution < 1.29 is 19.0 Å². The smallest absolute Gasteiger partial charge is 0.163 e. The van der Waals surface area contributed by atoms with Crippen LogP contribution in [-0.2, 0) is 0 Å². The van der Waals surface area contributed by atoms with Crippen LogP contribution in [0.1, 0.15) is 56.6 Å². The first-order valence-corrected chi connectivity index (χ1v) is 7.75. The fourth-order valence-electron chi connectivity index (χ4n) is 3.15. The van der Waals surface area contributed by atoms with E-state index >= 15 is 0 Å². The minimum absolute atomic E-state index is 0.295. The molecular weight excluding hydrogens is 271 g/mol. The van der Waals surface area contributed by atoms with Crippen LogP contribution in [0.4, 0.5) is 4.39 Å². The fourth-order valence-corrected chi connectivity index (χ4v) is 3.15. The van der Waals surface area contributed by atoms with Crippen LogP contribution in [-0.4, -0.2) is 19.3 Å². The molecule has 0 saturated heterocycles. The van der Waals surface area contributed by atoms with Crippen LogP contribution in [0.15, 0.2) is 12.1 Å². The third kappa shape index (κ3) is 4.10. The minimum Gasteiger partial charge on any atom is -0.493 e. The first-order chi connectivity index (χ1) is 10.2. The lowest BCUT2D eigenvalue weighted by Crippen LogP contribution is -2.09. The standard InChI is InChI=1S/C17H25FO3/c1-20-16-10-13(14(18)11-17(16)21-2)15(19)9-8-12-6-4-3-5-7-12/h10-12,15,19H,3-9H2,1-2H3. The van der Waals surface area contributed by atoms with Crippen molar-refractivity contribution in [2.75, 3.05) is 14.2 Å². The number of ether oxygens (including phenoxy) is 2. The van der Waals surface area contributed by atoms with Gasteiger partial charge in [0.15, 0.2) is 11.5 Å². The van der Waals surface area contributed by atoms with Crippen molar-refractivity contribution in [1.29, 1.82) is 0 Å². The number of rotatable bonds is 6. The highest BCUT2D eigenvalue weighted by Crippen LogP contribution is 2.35. The molecule has 1 aliphatic carbocycles. The summed E-state index contributed by atoms with van der Waals surface area (Å²) in [6, 6.07) is 2.82. The fraction of sp³-hybridized carbons (Fsp3) is 0.647. The molecule has 1 N–H and O–H groups in total. The molecule has 0 bridgehead atoms. The summed E-state index contributed by atoms with van der Waals surface area (Å²) in [5, 5.41) is 10.3. The number of benzene rings is 1. The zero-order valence-electron chi connectivity index (χ0n) is 12.9. The number of hydrogen-bond acceptors (Lipinski definition) is 3.